The molecule has 0 fully saturated rings. The van der Waals surface area contributed by atoms with Gasteiger partial charge in [0.15, 0.2) is 0 Å². The fourth-order valence-electron chi connectivity index (χ4n) is 2.43. The number of carbonyl (C=O) groups excluding carboxylic acids is 1. The largest absolute Gasteiger partial charge is 0.497 e. The average Bonchev–Trinajstić information content (AvgIpc) is 2.60. The molecule has 0 spiro atoms. The van der Waals surface area contributed by atoms with Crippen LogP contribution in [0.15, 0.2) is 42.5 Å². The van der Waals surface area contributed by atoms with Crippen molar-refractivity contribution in [3.63, 3.8) is 0 Å². The SMILES string of the molecule is CCc1ccccc1NC(=O)CCc1cc(OC)cc(OC)c1. The van der Waals surface area contributed by atoms with E-state index in [0.717, 1.165) is 34.7 Å². The Morgan fingerprint density at radius 2 is 1.70 bits per heavy atom. The van der Waals surface area contributed by atoms with Gasteiger partial charge in [-0.15, -0.1) is 0 Å². The molecule has 122 valence electrons. The Kier molecular flexibility index (Phi) is 6.03. The molecule has 0 aromatic heterocycles. The number of carbonyl (C=O) groups is 1. The fourth-order valence-corrected chi connectivity index (χ4v) is 2.43. The highest BCUT2D eigenvalue weighted by atomic mass is 16.5. The van der Waals surface area contributed by atoms with E-state index in [0.29, 0.717) is 12.8 Å². The number of hydrogen-bond donors (Lipinski definition) is 1. The Balaban J connectivity index is 1.99. The van der Waals surface area contributed by atoms with Crippen molar-refractivity contribution in [2.24, 2.45) is 0 Å². The van der Waals surface area contributed by atoms with Gasteiger partial charge in [0, 0.05) is 18.2 Å². The summed E-state index contributed by atoms with van der Waals surface area (Å²) in [6.45, 7) is 2.08. The lowest BCUT2D eigenvalue weighted by Gasteiger charge is -2.11. The molecular formula is C19H23NO3. The molecular weight excluding hydrogens is 290 g/mol. The maximum absolute atomic E-state index is 12.2. The van der Waals surface area contributed by atoms with E-state index < -0.39 is 0 Å². The Hall–Kier alpha value is -2.49. The molecule has 1 amide bonds. The van der Waals surface area contributed by atoms with Gasteiger partial charge in [-0.05, 0) is 42.2 Å². The van der Waals surface area contributed by atoms with E-state index in [9.17, 15) is 4.79 Å². The third kappa shape index (κ3) is 4.74. The van der Waals surface area contributed by atoms with Gasteiger partial charge in [0.05, 0.1) is 14.2 Å². The highest BCUT2D eigenvalue weighted by molar-refractivity contribution is 5.91. The summed E-state index contributed by atoms with van der Waals surface area (Å²) in [7, 11) is 3.24. The molecule has 0 aliphatic carbocycles. The molecule has 0 bridgehead atoms. The third-order valence-corrected chi connectivity index (χ3v) is 3.72. The minimum absolute atomic E-state index is 0.00712. The topological polar surface area (TPSA) is 47.6 Å². The first-order chi connectivity index (χ1) is 11.2. The average molecular weight is 313 g/mol. The molecule has 0 aliphatic rings. The van der Waals surface area contributed by atoms with Gasteiger partial charge >= 0.3 is 0 Å². The number of amides is 1. The zero-order valence-corrected chi connectivity index (χ0v) is 13.9. The van der Waals surface area contributed by atoms with Crippen LogP contribution < -0.4 is 14.8 Å². The Bertz CT molecular complexity index is 645. The monoisotopic (exact) mass is 313 g/mol. The van der Waals surface area contributed by atoms with Gasteiger partial charge in [0.2, 0.25) is 5.91 Å². The molecule has 4 nitrogen and oxygen atoms in total. The van der Waals surface area contributed by atoms with Crippen LogP contribution in [0.2, 0.25) is 0 Å². The highest BCUT2D eigenvalue weighted by Gasteiger charge is 2.08. The number of para-hydroxylation sites is 1. The molecule has 0 saturated carbocycles. The molecule has 0 heterocycles. The lowest BCUT2D eigenvalue weighted by molar-refractivity contribution is -0.116. The van der Waals surface area contributed by atoms with Gasteiger partial charge in [-0.25, -0.2) is 0 Å². The molecule has 2 rings (SSSR count). The fraction of sp³-hybridized carbons (Fsp3) is 0.316. The Labute approximate surface area is 137 Å². The van der Waals surface area contributed by atoms with Crippen molar-refractivity contribution in [3.05, 3.63) is 53.6 Å². The summed E-state index contributed by atoms with van der Waals surface area (Å²) in [6.07, 6.45) is 1.94. The smallest absolute Gasteiger partial charge is 0.224 e. The van der Waals surface area contributed by atoms with Gasteiger partial charge in [0.1, 0.15) is 11.5 Å². The van der Waals surface area contributed by atoms with Gasteiger partial charge in [-0.3, -0.25) is 4.79 Å². The van der Waals surface area contributed by atoms with Crippen LogP contribution in [0.25, 0.3) is 0 Å². The van der Waals surface area contributed by atoms with Gasteiger partial charge < -0.3 is 14.8 Å². The van der Waals surface area contributed by atoms with Crippen molar-refractivity contribution >= 4 is 11.6 Å². The summed E-state index contributed by atoms with van der Waals surface area (Å²) in [5.74, 6) is 1.47. The van der Waals surface area contributed by atoms with Crippen LogP contribution in [-0.4, -0.2) is 20.1 Å². The standard InChI is InChI=1S/C19H23NO3/c1-4-15-7-5-6-8-18(15)20-19(21)10-9-14-11-16(22-2)13-17(12-14)23-3/h5-8,11-13H,4,9-10H2,1-3H3,(H,20,21). The summed E-state index contributed by atoms with van der Waals surface area (Å²) in [6, 6.07) is 13.6. The van der Waals surface area contributed by atoms with Crippen molar-refractivity contribution in [3.8, 4) is 11.5 Å². The van der Waals surface area contributed by atoms with E-state index in [2.05, 4.69) is 12.2 Å². The van der Waals surface area contributed by atoms with E-state index in [1.54, 1.807) is 14.2 Å². The number of hydrogen-bond acceptors (Lipinski definition) is 3. The van der Waals surface area contributed by atoms with Crippen molar-refractivity contribution in [1.29, 1.82) is 0 Å². The summed E-state index contributed by atoms with van der Waals surface area (Å²) in [5.41, 5.74) is 3.05. The number of methoxy groups -OCH3 is 2. The van der Waals surface area contributed by atoms with Crippen LogP contribution in [0.1, 0.15) is 24.5 Å². The number of nitrogens with one attached hydrogen (secondary N) is 1. The summed E-state index contributed by atoms with van der Waals surface area (Å²) < 4.78 is 10.5. The van der Waals surface area contributed by atoms with Gasteiger partial charge in [0.25, 0.3) is 0 Å². The number of rotatable bonds is 7. The molecule has 0 radical (unpaired) electrons. The van der Waals surface area contributed by atoms with E-state index in [1.165, 1.54) is 0 Å². The Morgan fingerprint density at radius 1 is 1.04 bits per heavy atom. The molecule has 23 heavy (non-hydrogen) atoms. The molecule has 0 aliphatic heterocycles. The predicted molar refractivity (Wildman–Crippen MR) is 92.3 cm³/mol. The van der Waals surface area contributed by atoms with Crippen LogP contribution in [0, 0.1) is 0 Å². The van der Waals surface area contributed by atoms with E-state index in [4.69, 9.17) is 9.47 Å². The predicted octanol–water partition coefficient (Wildman–Crippen LogP) is 3.84. The maximum Gasteiger partial charge on any atom is 0.224 e. The first-order valence-corrected chi connectivity index (χ1v) is 7.76. The second-order valence-electron chi connectivity index (χ2n) is 5.28. The summed E-state index contributed by atoms with van der Waals surface area (Å²) >= 11 is 0. The van der Waals surface area contributed by atoms with Crippen molar-refractivity contribution in [1.82, 2.24) is 0 Å². The maximum atomic E-state index is 12.2. The zero-order valence-electron chi connectivity index (χ0n) is 13.9. The number of anilines is 1. The number of ether oxygens (including phenoxy) is 2. The molecule has 2 aromatic rings. The molecule has 4 heteroatoms. The van der Waals surface area contributed by atoms with Crippen LogP contribution >= 0.6 is 0 Å². The van der Waals surface area contributed by atoms with Gasteiger partial charge in [-0.2, -0.15) is 0 Å². The second-order valence-corrected chi connectivity index (χ2v) is 5.28. The van der Waals surface area contributed by atoms with E-state index >= 15 is 0 Å². The minimum atomic E-state index is 0.00712. The lowest BCUT2D eigenvalue weighted by atomic mass is 10.1. The van der Waals surface area contributed by atoms with Crippen molar-refractivity contribution in [2.75, 3.05) is 19.5 Å². The Morgan fingerprint density at radius 3 is 2.30 bits per heavy atom. The molecule has 1 N–H and O–H groups in total. The molecule has 0 saturated heterocycles. The van der Waals surface area contributed by atoms with Crippen LogP contribution in [0.4, 0.5) is 5.69 Å². The van der Waals surface area contributed by atoms with E-state index in [1.807, 2.05) is 42.5 Å². The van der Waals surface area contributed by atoms with Crippen LogP contribution in [0.5, 0.6) is 11.5 Å². The van der Waals surface area contributed by atoms with Crippen molar-refractivity contribution < 1.29 is 14.3 Å². The molecule has 0 atom stereocenters. The second kappa shape index (κ2) is 8.22. The lowest BCUT2D eigenvalue weighted by Crippen LogP contribution is -2.13. The summed E-state index contributed by atoms with van der Waals surface area (Å²) in [4.78, 5) is 12.2. The third-order valence-electron chi connectivity index (χ3n) is 3.72. The van der Waals surface area contributed by atoms with E-state index in [-0.39, 0.29) is 5.91 Å². The van der Waals surface area contributed by atoms with Crippen molar-refractivity contribution in [2.45, 2.75) is 26.2 Å². The first-order valence-electron chi connectivity index (χ1n) is 7.76. The molecule has 0 unspecified atom stereocenters. The summed E-state index contributed by atoms with van der Waals surface area (Å²) in [5, 5.41) is 2.99. The van der Waals surface area contributed by atoms with Gasteiger partial charge in [-0.1, -0.05) is 25.1 Å². The minimum Gasteiger partial charge on any atom is -0.497 e. The number of benzene rings is 2. The highest BCUT2D eigenvalue weighted by Crippen LogP contribution is 2.23. The number of aryl methyl sites for hydroxylation is 2. The normalized spacial score (nSPS) is 10.2. The van der Waals surface area contributed by atoms with Crippen LogP contribution in [0.3, 0.4) is 0 Å². The zero-order chi connectivity index (χ0) is 16.7. The van der Waals surface area contributed by atoms with Crippen LogP contribution in [-0.2, 0) is 17.6 Å². The first kappa shape index (κ1) is 16.9. The quantitative estimate of drug-likeness (QED) is 0.845. The molecule has 2 aromatic carbocycles.